The third kappa shape index (κ3) is 2.68. The van der Waals surface area contributed by atoms with Crippen molar-refractivity contribution in [3.05, 3.63) is 50.6 Å². The van der Waals surface area contributed by atoms with Crippen LogP contribution in [-0.2, 0) is 0 Å². The molecule has 0 unspecified atom stereocenters. The van der Waals surface area contributed by atoms with Crippen molar-refractivity contribution in [2.75, 3.05) is 0 Å². The van der Waals surface area contributed by atoms with Gasteiger partial charge < -0.3 is 4.98 Å². The zero-order valence-corrected chi connectivity index (χ0v) is 12.4. The molecule has 1 aromatic heterocycles. The average Bonchev–Trinajstić information content (AvgIpc) is 2.91. The van der Waals surface area contributed by atoms with Gasteiger partial charge in [-0.1, -0.05) is 12.8 Å². The van der Waals surface area contributed by atoms with E-state index < -0.39 is 0 Å². The molecular weight excluding hydrogens is 323 g/mol. The van der Waals surface area contributed by atoms with Crippen LogP contribution in [0.4, 0.5) is 4.39 Å². The fourth-order valence-electron chi connectivity index (χ4n) is 2.72. The first-order valence-electron chi connectivity index (χ1n) is 6.70. The molecule has 1 N–H and O–H groups in total. The lowest BCUT2D eigenvalue weighted by Gasteiger charge is -2.10. The summed E-state index contributed by atoms with van der Waals surface area (Å²) in [5.74, 6) is 0.538. The second kappa shape index (κ2) is 5.48. The van der Waals surface area contributed by atoms with E-state index in [-0.39, 0.29) is 11.4 Å². The largest absolute Gasteiger partial charge is 0.306 e. The molecule has 3 nitrogen and oxygen atoms in total. The maximum Gasteiger partial charge on any atom is 0.251 e. The number of hydrogen-bond acceptors (Lipinski definition) is 2. The molecule has 20 heavy (non-hydrogen) atoms. The molecule has 1 heterocycles. The maximum atomic E-state index is 13.1. The van der Waals surface area contributed by atoms with Crippen molar-refractivity contribution in [2.24, 2.45) is 0 Å². The number of benzene rings is 1. The number of halogens is 2. The van der Waals surface area contributed by atoms with E-state index in [9.17, 15) is 9.18 Å². The third-order valence-corrected chi connectivity index (χ3v) is 4.38. The topological polar surface area (TPSA) is 45.8 Å². The number of aromatic amines is 1. The molecule has 0 bridgehead atoms. The molecule has 1 aliphatic rings. The predicted molar refractivity (Wildman–Crippen MR) is 79.2 cm³/mol. The minimum Gasteiger partial charge on any atom is -0.306 e. The number of hydrogen-bond donors (Lipinski definition) is 1. The van der Waals surface area contributed by atoms with Crippen molar-refractivity contribution < 1.29 is 4.39 Å². The molecule has 0 aliphatic heterocycles. The standard InChI is InChI=1S/C15H14BrFN2O/c16-12-7-10(17)5-6-11(12)15-18-13(8-14(20)19-15)9-3-1-2-4-9/h5-9H,1-4H2,(H,18,19,20). The summed E-state index contributed by atoms with van der Waals surface area (Å²) in [6.45, 7) is 0. The van der Waals surface area contributed by atoms with Crippen LogP contribution in [0.1, 0.15) is 37.3 Å². The highest BCUT2D eigenvalue weighted by molar-refractivity contribution is 9.10. The summed E-state index contributed by atoms with van der Waals surface area (Å²) in [4.78, 5) is 19.1. The number of H-pyrrole nitrogens is 1. The first-order chi connectivity index (χ1) is 9.63. The van der Waals surface area contributed by atoms with Crippen molar-refractivity contribution in [1.29, 1.82) is 0 Å². The summed E-state index contributed by atoms with van der Waals surface area (Å²) in [7, 11) is 0. The van der Waals surface area contributed by atoms with Gasteiger partial charge in [-0.25, -0.2) is 9.37 Å². The highest BCUT2D eigenvalue weighted by atomic mass is 79.9. The molecular formula is C15H14BrFN2O. The summed E-state index contributed by atoms with van der Waals surface area (Å²) in [6.07, 6.45) is 4.55. The van der Waals surface area contributed by atoms with Crippen LogP contribution in [0.3, 0.4) is 0 Å². The average molecular weight is 337 g/mol. The van der Waals surface area contributed by atoms with Gasteiger partial charge in [-0.15, -0.1) is 0 Å². The zero-order valence-electron chi connectivity index (χ0n) is 10.8. The highest BCUT2D eigenvalue weighted by Gasteiger charge is 2.20. The molecule has 0 atom stereocenters. The Bertz CT molecular complexity index is 693. The van der Waals surface area contributed by atoms with Crippen LogP contribution in [0.2, 0.25) is 0 Å². The first kappa shape index (κ1) is 13.5. The lowest BCUT2D eigenvalue weighted by atomic mass is 10.0. The van der Waals surface area contributed by atoms with Crippen molar-refractivity contribution in [3.63, 3.8) is 0 Å². The predicted octanol–water partition coefficient (Wildman–Crippen LogP) is 4.00. The molecule has 1 saturated carbocycles. The van der Waals surface area contributed by atoms with Crippen LogP contribution < -0.4 is 5.56 Å². The summed E-state index contributed by atoms with van der Waals surface area (Å²) in [6, 6.07) is 5.94. The summed E-state index contributed by atoms with van der Waals surface area (Å²) in [5.41, 5.74) is 1.38. The Balaban J connectivity index is 2.07. The quantitative estimate of drug-likeness (QED) is 0.900. The van der Waals surface area contributed by atoms with E-state index in [0.717, 1.165) is 18.5 Å². The second-order valence-corrected chi connectivity index (χ2v) is 5.98. The number of nitrogens with one attached hydrogen (secondary N) is 1. The van der Waals surface area contributed by atoms with Crippen LogP contribution in [0.5, 0.6) is 0 Å². The highest BCUT2D eigenvalue weighted by Crippen LogP contribution is 2.33. The van der Waals surface area contributed by atoms with Crippen LogP contribution >= 0.6 is 15.9 Å². The summed E-state index contributed by atoms with van der Waals surface area (Å²) in [5, 5.41) is 0. The first-order valence-corrected chi connectivity index (χ1v) is 7.49. The number of rotatable bonds is 2. The Morgan fingerprint density at radius 2 is 2.00 bits per heavy atom. The molecule has 1 fully saturated rings. The minimum atomic E-state index is -0.324. The Kier molecular flexibility index (Phi) is 3.70. The third-order valence-electron chi connectivity index (χ3n) is 3.72. The van der Waals surface area contributed by atoms with Crippen molar-refractivity contribution in [2.45, 2.75) is 31.6 Å². The Morgan fingerprint density at radius 1 is 1.25 bits per heavy atom. The second-order valence-electron chi connectivity index (χ2n) is 5.12. The van der Waals surface area contributed by atoms with E-state index >= 15 is 0 Å². The van der Waals surface area contributed by atoms with E-state index in [1.807, 2.05) is 0 Å². The van der Waals surface area contributed by atoms with E-state index in [0.29, 0.717) is 21.8 Å². The van der Waals surface area contributed by atoms with Crippen LogP contribution in [0, 0.1) is 5.82 Å². The molecule has 0 radical (unpaired) electrons. The number of aromatic nitrogens is 2. The van der Waals surface area contributed by atoms with Gasteiger partial charge in [0.2, 0.25) is 0 Å². The molecule has 5 heteroatoms. The molecule has 3 rings (SSSR count). The molecule has 104 valence electrons. The molecule has 1 aliphatic carbocycles. The fraction of sp³-hybridized carbons (Fsp3) is 0.333. The van der Waals surface area contributed by atoms with E-state index in [1.54, 1.807) is 12.1 Å². The molecule has 2 aromatic rings. The van der Waals surface area contributed by atoms with E-state index in [1.165, 1.54) is 25.0 Å². The lowest BCUT2D eigenvalue weighted by Crippen LogP contribution is -2.12. The number of nitrogens with zero attached hydrogens (tertiary/aromatic N) is 1. The van der Waals surface area contributed by atoms with Crippen molar-refractivity contribution in [3.8, 4) is 11.4 Å². The van der Waals surface area contributed by atoms with Gasteiger partial charge in [0, 0.05) is 22.0 Å². The van der Waals surface area contributed by atoms with Gasteiger partial charge in [0.25, 0.3) is 5.56 Å². The van der Waals surface area contributed by atoms with Gasteiger partial charge in [-0.3, -0.25) is 4.79 Å². The molecule has 0 spiro atoms. The van der Waals surface area contributed by atoms with E-state index in [2.05, 4.69) is 25.9 Å². The van der Waals surface area contributed by atoms with Gasteiger partial charge in [-0.05, 0) is 47.0 Å². The maximum absolute atomic E-state index is 13.1. The SMILES string of the molecule is O=c1cc(C2CCCC2)nc(-c2ccc(F)cc2Br)[nH]1. The monoisotopic (exact) mass is 336 g/mol. The van der Waals surface area contributed by atoms with Gasteiger partial charge in [0.15, 0.2) is 0 Å². The molecule has 0 saturated heterocycles. The molecule has 0 amide bonds. The van der Waals surface area contributed by atoms with Crippen molar-refractivity contribution >= 4 is 15.9 Å². The fourth-order valence-corrected chi connectivity index (χ4v) is 3.25. The summed E-state index contributed by atoms with van der Waals surface area (Å²) < 4.78 is 13.7. The Hall–Kier alpha value is -1.49. The van der Waals surface area contributed by atoms with Crippen LogP contribution in [0.25, 0.3) is 11.4 Å². The van der Waals surface area contributed by atoms with Gasteiger partial charge in [-0.2, -0.15) is 0 Å². The van der Waals surface area contributed by atoms with E-state index in [4.69, 9.17) is 0 Å². The Labute approximate surface area is 124 Å². The minimum absolute atomic E-state index is 0.159. The van der Waals surface area contributed by atoms with Gasteiger partial charge in [0.1, 0.15) is 11.6 Å². The van der Waals surface area contributed by atoms with Crippen molar-refractivity contribution in [1.82, 2.24) is 9.97 Å². The van der Waals surface area contributed by atoms with Gasteiger partial charge >= 0.3 is 0 Å². The molecule has 1 aromatic carbocycles. The summed E-state index contributed by atoms with van der Waals surface area (Å²) >= 11 is 3.31. The smallest absolute Gasteiger partial charge is 0.251 e. The Morgan fingerprint density at radius 3 is 2.70 bits per heavy atom. The lowest BCUT2D eigenvalue weighted by molar-refractivity contribution is 0.627. The normalized spacial score (nSPS) is 15.7. The van der Waals surface area contributed by atoms with Crippen LogP contribution in [-0.4, -0.2) is 9.97 Å². The van der Waals surface area contributed by atoms with Crippen LogP contribution in [0.15, 0.2) is 33.5 Å². The van der Waals surface area contributed by atoms with Gasteiger partial charge in [0.05, 0.1) is 5.69 Å². The zero-order chi connectivity index (χ0) is 14.1.